The monoisotopic (exact) mass is 335 g/mol. The zero-order valence-corrected chi connectivity index (χ0v) is 12.6. The van der Waals surface area contributed by atoms with Crippen LogP contribution in [0.15, 0.2) is 18.3 Å². The van der Waals surface area contributed by atoms with E-state index in [0.717, 1.165) is 44.3 Å². The predicted octanol–water partition coefficient (Wildman–Crippen LogP) is 2.63. The number of carbonyl (C=O) groups is 1. The maximum Gasteiger partial charge on any atom is 0.416 e. The van der Waals surface area contributed by atoms with E-state index in [2.05, 4.69) is 10.3 Å². The molecule has 2 saturated heterocycles. The van der Waals surface area contributed by atoms with E-state index in [-0.39, 0.29) is 29.5 Å². The standard InChI is InChI=1S/C14H16F3N3O.ClH/c15-14(16,17)10-2-5-19-11(7-10)20-9-13(3-1-12(20)21)4-6-18-8-13;/h2,5,7,18H,1,3-4,6,8-9H2;1H. The van der Waals surface area contributed by atoms with Crippen molar-refractivity contribution in [3.8, 4) is 0 Å². The van der Waals surface area contributed by atoms with E-state index in [4.69, 9.17) is 0 Å². The lowest BCUT2D eigenvalue weighted by molar-refractivity contribution is -0.137. The second-order valence-electron chi connectivity index (χ2n) is 5.81. The van der Waals surface area contributed by atoms with Gasteiger partial charge < -0.3 is 5.32 Å². The number of aromatic nitrogens is 1. The second kappa shape index (κ2) is 6.04. The van der Waals surface area contributed by atoms with E-state index in [9.17, 15) is 18.0 Å². The summed E-state index contributed by atoms with van der Waals surface area (Å²) in [4.78, 5) is 17.5. The summed E-state index contributed by atoms with van der Waals surface area (Å²) in [5.41, 5.74) is -0.798. The van der Waals surface area contributed by atoms with Crippen molar-refractivity contribution >= 4 is 24.1 Å². The molecule has 0 aliphatic carbocycles. The molecule has 8 heteroatoms. The van der Waals surface area contributed by atoms with Crippen LogP contribution in [-0.4, -0.2) is 30.5 Å². The normalized spacial score (nSPS) is 25.4. The van der Waals surface area contributed by atoms with Gasteiger partial charge in [-0.2, -0.15) is 13.2 Å². The molecule has 3 heterocycles. The van der Waals surface area contributed by atoms with E-state index < -0.39 is 11.7 Å². The number of hydrogen-bond donors (Lipinski definition) is 1. The van der Waals surface area contributed by atoms with E-state index in [1.165, 1.54) is 4.90 Å². The van der Waals surface area contributed by atoms with Crippen molar-refractivity contribution in [2.45, 2.75) is 25.4 Å². The van der Waals surface area contributed by atoms with E-state index in [1.807, 2.05) is 0 Å². The Bertz CT molecular complexity index is 559. The van der Waals surface area contributed by atoms with Crippen molar-refractivity contribution in [3.05, 3.63) is 23.9 Å². The number of rotatable bonds is 1. The molecule has 2 fully saturated rings. The summed E-state index contributed by atoms with van der Waals surface area (Å²) in [6.07, 6.45) is -1.23. The molecule has 0 saturated carbocycles. The van der Waals surface area contributed by atoms with E-state index in [1.54, 1.807) is 0 Å². The first kappa shape index (κ1) is 17.0. The van der Waals surface area contributed by atoms with Gasteiger partial charge in [-0.25, -0.2) is 4.98 Å². The van der Waals surface area contributed by atoms with Gasteiger partial charge in [0, 0.05) is 31.1 Å². The molecule has 1 unspecified atom stereocenters. The number of nitrogens with one attached hydrogen (secondary N) is 1. The Balaban J connectivity index is 0.00000176. The molecule has 4 nitrogen and oxygen atoms in total. The molecule has 1 aromatic heterocycles. The molecule has 22 heavy (non-hydrogen) atoms. The predicted molar refractivity (Wildman–Crippen MR) is 78.0 cm³/mol. The Hall–Kier alpha value is -1.34. The van der Waals surface area contributed by atoms with Gasteiger partial charge >= 0.3 is 6.18 Å². The molecule has 0 bridgehead atoms. The summed E-state index contributed by atoms with van der Waals surface area (Å²) in [6.45, 7) is 2.13. The van der Waals surface area contributed by atoms with Crippen molar-refractivity contribution < 1.29 is 18.0 Å². The van der Waals surface area contributed by atoms with Gasteiger partial charge in [0.15, 0.2) is 0 Å². The summed E-state index contributed by atoms with van der Waals surface area (Å²) in [7, 11) is 0. The van der Waals surface area contributed by atoms with Crippen LogP contribution in [0, 0.1) is 5.41 Å². The quantitative estimate of drug-likeness (QED) is 0.858. The lowest BCUT2D eigenvalue weighted by Gasteiger charge is -2.39. The summed E-state index contributed by atoms with van der Waals surface area (Å²) >= 11 is 0. The van der Waals surface area contributed by atoms with Crippen LogP contribution in [-0.2, 0) is 11.0 Å². The third kappa shape index (κ3) is 3.20. The van der Waals surface area contributed by atoms with Gasteiger partial charge in [-0.15, -0.1) is 12.4 Å². The lowest BCUT2D eigenvalue weighted by Crippen LogP contribution is -2.48. The SMILES string of the molecule is Cl.O=C1CCC2(CCNC2)CN1c1cc(C(F)(F)F)ccn1. The molecule has 122 valence electrons. The molecule has 3 rings (SSSR count). The molecule has 0 aromatic carbocycles. The Labute approximate surface area is 132 Å². The van der Waals surface area contributed by atoms with Gasteiger partial charge in [-0.05, 0) is 31.5 Å². The zero-order chi connectivity index (χ0) is 15.1. The molecule has 1 amide bonds. The highest BCUT2D eigenvalue weighted by Crippen LogP contribution is 2.38. The van der Waals surface area contributed by atoms with E-state index in [0.29, 0.717) is 13.0 Å². The molecule has 1 aromatic rings. The molecular weight excluding hydrogens is 319 g/mol. The number of carbonyl (C=O) groups excluding carboxylic acids is 1. The highest BCUT2D eigenvalue weighted by atomic mass is 35.5. The number of nitrogens with zero attached hydrogens (tertiary/aromatic N) is 2. The van der Waals surface area contributed by atoms with Crippen LogP contribution in [0.1, 0.15) is 24.8 Å². The Kier molecular flexibility index (Phi) is 4.67. The van der Waals surface area contributed by atoms with Crippen LogP contribution in [0.3, 0.4) is 0 Å². The third-order valence-electron chi connectivity index (χ3n) is 4.35. The first-order valence-electron chi connectivity index (χ1n) is 6.94. The summed E-state index contributed by atoms with van der Waals surface area (Å²) < 4.78 is 38.4. The third-order valence-corrected chi connectivity index (χ3v) is 4.35. The average Bonchev–Trinajstić information content (AvgIpc) is 2.90. The number of piperidine rings is 1. The minimum absolute atomic E-state index is 0. The molecule has 1 N–H and O–H groups in total. The van der Waals surface area contributed by atoms with Crippen molar-refractivity contribution in [2.24, 2.45) is 5.41 Å². The fraction of sp³-hybridized carbons (Fsp3) is 0.571. The Morgan fingerprint density at radius 3 is 2.73 bits per heavy atom. The zero-order valence-electron chi connectivity index (χ0n) is 11.8. The highest BCUT2D eigenvalue weighted by Gasteiger charge is 2.42. The number of pyridine rings is 1. The van der Waals surface area contributed by atoms with Crippen molar-refractivity contribution in [1.29, 1.82) is 0 Å². The van der Waals surface area contributed by atoms with Crippen LogP contribution in [0.5, 0.6) is 0 Å². The fourth-order valence-corrected chi connectivity index (χ4v) is 3.10. The van der Waals surface area contributed by atoms with Gasteiger partial charge in [-0.3, -0.25) is 9.69 Å². The Morgan fingerprint density at radius 2 is 2.09 bits per heavy atom. The maximum atomic E-state index is 12.8. The van der Waals surface area contributed by atoms with Gasteiger partial charge in [0.2, 0.25) is 5.91 Å². The average molecular weight is 336 g/mol. The van der Waals surface area contributed by atoms with Crippen molar-refractivity contribution in [3.63, 3.8) is 0 Å². The number of alkyl halides is 3. The number of hydrogen-bond acceptors (Lipinski definition) is 3. The molecular formula is C14H17ClF3N3O. The first-order valence-corrected chi connectivity index (χ1v) is 6.94. The summed E-state index contributed by atoms with van der Waals surface area (Å²) in [6, 6.07) is 1.88. The van der Waals surface area contributed by atoms with Crippen LogP contribution < -0.4 is 10.2 Å². The van der Waals surface area contributed by atoms with Crippen LogP contribution in [0.4, 0.5) is 19.0 Å². The van der Waals surface area contributed by atoms with Gasteiger partial charge in [-0.1, -0.05) is 0 Å². The van der Waals surface area contributed by atoms with Crippen LogP contribution in [0.25, 0.3) is 0 Å². The maximum absolute atomic E-state index is 12.8. The van der Waals surface area contributed by atoms with Crippen molar-refractivity contribution in [2.75, 3.05) is 24.5 Å². The van der Waals surface area contributed by atoms with Crippen molar-refractivity contribution in [1.82, 2.24) is 10.3 Å². The fourth-order valence-electron chi connectivity index (χ4n) is 3.10. The molecule has 2 aliphatic heterocycles. The topological polar surface area (TPSA) is 45.2 Å². The van der Waals surface area contributed by atoms with Gasteiger partial charge in [0.25, 0.3) is 0 Å². The van der Waals surface area contributed by atoms with Gasteiger partial charge in [0.05, 0.1) is 5.56 Å². The van der Waals surface area contributed by atoms with Crippen LogP contribution >= 0.6 is 12.4 Å². The van der Waals surface area contributed by atoms with Crippen LogP contribution in [0.2, 0.25) is 0 Å². The smallest absolute Gasteiger partial charge is 0.316 e. The Morgan fingerprint density at radius 1 is 1.32 bits per heavy atom. The summed E-state index contributed by atoms with van der Waals surface area (Å²) in [5, 5.41) is 3.27. The first-order chi connectivity index (χ1) is 9.90. The second-order valence-corrected chi connectivity index (χ2v) is 5.81. The number of amides is 1. The largest absolute Gasteiger partial charge is 0.416 e. The number of halogens is 4. The van der Waals surface area contributed by atoms with E-state index >= 15 is 0 Å². The minimum atomic E-state index is -4.43. The lowest BCUT2D eigenvalue weighted by atomic mass is 9.79. The summed E-state index contributed by atoms with van der Waals surface area (Å²) in [5.74, 6) is -0.0554. The number of anilines is 1. The van der Waals surface area contributed by atoms with Gasteiger partial charge in [0.1, 0.15) is 5.82 Å². The molecule has 1 atom stereocenters. The molecule has 2 aliphatic rings. The molecule has 1 spiro atoms. The highest BCUT2D eigenvalue weighted by molar-refractivity contribution is 5.93. The molecule has 0 radical (unpaired) electrons. The minimum Gasteiger partial charge on any atom is -0.316 e.